The first-order valence-electron chi connectivity index (χ1n) is 10.9. The van der Waals surface area contributed by atoms with Crippen LogP contribution in [0.4, 0.5) is 18.9 Å². The minimum atomic E-state index is -4.65. The van der Waals surface area contributed by atoms with Crippen molar-refractivity contribution in [2.45, 2.75) is 12.2 Å². The number of anilines is 1. The lowest BCUT2D eigenvalue weighted by Crippen LogP contribution is -2.29. The number of Topliss-reactive ketones (excluding diaryl/α,β-unsaturated/α-hetero) is 1. The summed E-state index contributed by atoms with van der Waals surface area (Å²) in [6, 6.07) is 16.5. The predicted molar refractivity (Wildman–Crippen MR) is 128 cm³/mol. The van der Waals surface area contributed by atoms with Crippen LogP contribution in [0.3, 0.4) is 0 Å². The number of benzene rings is 3. The highest BCUT2D eigenvalue weighted by Crippen LogP contribution is 2.44. The zero-order valence-electron chi connectivity index (χ0n) is 18.8. The van der Waals surface area contributed by atoms with Gasteiger partial charge in [0.15, 0.2) is 0 Å². The Morgan fingerprint density at radius 1 is 1.00 bits per heavy atom. The molecule has 182 valence electrons. The van der Waals surface area contributed by atoms with E-state index in [0.29, 0.717) is 27.8 Å². The van der Waals surface area contributed by atoms with E-state index in [1.165, 1.54) is 25.4 Å². The Morgan fingerprint density at radius 2 is 1.72 bits per heavy atom. The summed E-state index contributed by atoms with van der Waals surface area (Å²) in [5.41, 5.74) is 0.0946. The third-order valence-corrected chi connectivity index (χ3v) is 6.17. The van der Waals surface area contributed by atoms with Crippen LogP contribution in [0.2, 0.25) is 0 Å². The van der Waals surface area contributed by atoms with E-state index in [1.54, 1.807) is 48.5 Å². The number of aliphatic hydroxyl groups excluding tert-OH is 1. The quantitative estimate of drug-likeness (QED) is 0.214. The monoisotopic (exact) mass is 492 g/mol. The highest BCUT2D eigenvalue weighted by Gasteiger charge is 2.47. The van der Waals surface area contributed by atoms with Crippen molar-refractivity contribution < 1.29 is 32.6 Å². The van der Waals surface area contributed by atoms with Gasteiger partial charge in [-0.1, -0.05) is 36.4 Å². The third-order valence-electron chi connectivity index (χ3n) is 6.17. The van der Waals surface area contributed by atoms with Gasteiger partial charge in [-0.05, 0) is 42.0 Å². The van der Waals surface area contributed by atoms with Crippen LogP contribution in [0.5, 0.6) is 5.75 Å². The predicted octanol–water partition coefficient (Wildman–Crippen LogP) is 5.82. The molecule has 2 N–H and O–H groups in total. The van der Waals surface area contributed by atoms with Crippen molar-refractivity contribution >= 4 is 34.0 Å². The van der Waals surface area contributed by atoms with Crippen LogP contribution in [-0.2, 0) is 15.8 Å². The first kappa shape index (κ1) is 23.2. The van der Waals surface area contributed by atoms with E-state index in [-0.39, 0.29) is 11.3 Å². The number of ketones is 1. The smallest absolute Gasteiger partial charge is 0.416 e. The molecular weight excluding hydrogens is 473 g/mol. The molecule has 9 heteroatoms. The lowest BCUT2D eigenvalue weighted by Gasteiger charge is -2.26. The summed E-state index contributed by atoms with van der Waals surface area (Å²) in [7, 11) is 1.47. The van der Waals surface area contributed by atoms with Crippen molar-refractivity contribution in [2.75, 3.05) is 12.0 Å². The van der Waals surface area contributed by atoms with Gasteiger partial charge in [0, 0.05) is 28.4 Å². The maximum absolute atomic E-state index is 13.4. The number of methoxy groups -OCH3 is 1. The summed E-state index contributed by atoms with van der Waals surface area (Å²) in [5, 5.41) is 12.0. The normalized spacial score (nSPS) is 17.7. The number of H-pyrrole nitrogens is 1. The molecule has 36 heavy (non-hydrogen) atoms. The number of carbonyl (C=O) groups excluding carboxylic acids is 2. The number of hydrogen-bond acceptors (Lipinski definition) is 4. The number of nitrogens with one attached hydrogen (secondary N) is 1. The van der Waals surface area contributed by atoms with Crippen LogP contribution >= 0.6 is 0 Å². The first-order chi connectivity index (χ1) is 17.2. The Morgan fingerprint density at radius 3 is 2.42 bits per heavy atom. The molecule has 1 saturated heterocycles. The van der Waals surface area contributed by atoms with Crippen molar-refractivity contribution in [3.8, 4) is 5.75 Å². The molecule has 3 aromatic carbocycles. The molecule has 0 radical (unpaired) electrons. The number of rotatable bonds is 4. The van der Waals surface area contributed by atoms with Crippen LogP contribution < -0.4 is 9.64 Å². The Bertz CT molecular complexity index is 1520. The molecule has 0 saturated carbocycles. The Balaban J connectivity index is 1.74. The van der Waals surface area contributed by atoms with Gasteiger partial charge in [-0.3, -0.25) is 14.5 Å². The number of fused-ring (bicyclic) bond motifs is 1. The highest BCUT2D eigenvalue weighted by molar-refractivity contribution is 6.51. The molecule has 0 spiro atoms. The average Bonchev–Trinajstić information content (AvgIpc) is 3.42. The maximum Gasteiger partial charge on any atom is 0.416 e. The minimum Gasteiger partial charge on any atom is -0.507 e. The van der Waals surface area contributed by atoms with Gasteiger partial charge in [0.2, 0.25) is 0 Å². The summed E-state index contributed by atoms with van der Waals surface area (Å²) >= 11 is 0. The lowest BCUT2D eigenvalue weighted by atomic mass is 9.95. The molecule has 0 bridgehead atoms. The highest BCUT2D eigenvalue weighted by atomic mass is 19.4. The van der Waals surface area contributed by atoms with E-state index in [0.717, 1.165) is 17.0 Å². The number of aliphatic hydroxyl groups is 1. The molecule has 1 aliphatic rings. The van der Waals surface area contributed by atoms with Gasteiger partial charge in [-0.15, -0.1) is 0 Å². The molecule has 1 atom stereocenters. The van der Waals surface area contributed by atoms with Gasteiger partial charge in [0.05, 0.1) is 24.3 Å². The van der Waals surface area contributed by atoms with Crippen molar-refractivity contribution in [1.29, 1.82) is 0 Å². The Kier molecular flexibility index (Phi) is 5.55. The molecule has 5 rings (SSSR count). The molecule has 2 heterocycles. The largest absolute Gasteiger partial charge is 0.507 e. The van der Waals surface area contributed by atoms with Crippen LogP contribution in [0.25, 0.3) is 16.7 Å². The molecule has 1 aromatic heterocycles. The molecule has 1 aliphatic heterocycles. The van der Waals surface area contributed by atoms with E-state index in [4.69, 9.17) is 4.74 Å². The van der Waals surface area contributed by atoms with Crippen LogP contribution in [0.15, 0.2) is 84.6 Å². The van der Waals surface area contributed by atoms with E-state index in [1.807, 2.05) is 0 Å². The van der Waals surface area contributed by atoms with Crippen molar-refractivity contribution in [1.82, 2.24) is 4.98 Å². The second-order valence-electron chi connectivity index (χ2n) is 8.24. The summed E-state index contributed by atoms with van der Waals surface area (Å²) in [4.78, 5) is 30.5. The lowest BCUT2D eigenvalue weighted by molar-refractivity contribution is -0.137. The number of ether oxygens (including phenoxy) is 1. The summed E-state index contributed by atoms with van der Waals surface area (Å²) < 4.78 is 45.5. The zero-order chi connectivity index (χ0) is 25.6. The van der Waals surface area contributed by atoms with Gasteiger partial charge >= 0.3 is 6.18 Å². The maximum atomic E-state index is 13.4. The molecule has 1 fully saturated rings. The molecule has 6 nitrogen and oxygen atoms in total. The topological polar surface area (TPSA) is 82.6 Å². The molecule has 0 aliphatic carbocycles. The number of nitrogens with zero attached hydrogens (tertiary/aromatic N) is 1. The number of alkyl halides is 3. The van der Waals surface area contributed by atoms with E-state index in [2.05, 4.69) is 4.98 Å². The molecular formula is C27H19F3N2O4. The zero-order valence-corrected chi connectivity index (χ0v) is 18.8. The minimum absolute atomic E-state index is 0.120. The number of carbonyl (C=O) groups is 2. The van der Waals surface area contributed by atoms with E-state index < -0.39 is 35.2 Å². The van der Waals surface area contributed by atoms with E-state index >= 15 is 0 Å². The number of para-hydroxylation sites is 1. The van der Waals surface area contributed by atoms with E-state index in [9.17, 15) is 27.9 Å². The van der Waals surface area contributed by atoms with Crippen molar-refractivity contribution in [3.63, 3.8) is 0 Å². The molecule has 4 aromatic rings. The number of aromatic nitrogens is 1. The second kappa shape index (κ2) is 8.60. The SMILES string of the molecule is COc1ccc(C2/C(=C(/O)c3c[nH]c4ccccc34)C(=O)C(=O)N2c2cccc(C(F)(F)F)c2)cc1. The Hall–Kier alpha value is -4.53. The van der Waals surface area contributed by atoms with Gasteiger partial charge in [0.25, 0.3) is 11.7 Å². The van der Waals surface area contributed by atoms with Crippen molar-refractivity contribution in [3.05, 3.63) is 101 Å². The van der Waals surface area contributed by atoms with Gasteiger partial charge in [0.1, 0.15) is 11.5 Å². The van der Waals surface area contributed by atoms with Crippen LogP contribution in [0, 0.1) is 0 Å². The van der Waals surface area contributed by atoms with Crippen LogP contribution in [0.1, 0.15) is 22.7 Å². The number of amides is 1. The average molecular weight is 492 g/mol. The number of aromatic amines is 1. The van der Waals surface area contributed by atoms with Crippen molar-refractivity contribution in [2.24, 2.45) is 0 Å². The molecule has 1 unspecified atom stereocenters. The Labute approximate surface area is 203 Å². The second-order valence-corrected chi connectivity index (χ2v) is 8.24. The standard InChI is InChI=1S/C27H19F3N2O4/c1-36-18-11-9-15(10-12-18)23-22(24(33)20-14-31-21-8-3-2-7-19(20)21)25(34)26(35)32(23)17-6-4-5-16(13-17)27(28,29)30/h2-14,23,31,33H,1H3/b24-22-. The van der Waals surface area contributed by atoms with Gasteiger partial charge < -0.3 is 14.8 Å². The van der Waals surface area contributed by atoms with Gasteiger partial charge in [-0.25, -0.2) is 0 Å². The number of hydrogen-bond donors (Lipinski definition) is 2. The molecule has 1 amide bonds. The fraction of sp³-hybridized carbons (Fsp3) is 0.111. The fourth-order valence-corrected chi connectivity index (χ4v) is 4.45. The summed E-state index contributed by atoms with van der Waals surface area (Å²) in [6.07, 6.45) is -3.13. The third kappa shape index (κ3) is 3.78. The fourth-order valence-electron chi connectivity index (χ4n) is 4.45. The first-order valence-corrected chi connectivity index (χ1v) is 10.9. The van der Waals surface area contributed by atoms with Gasteiger partial charge in [-0.2, -0.15) is 13.2 Å². The summed E-state index contributed by atoms with van der Waals surface area (Å²) in [6.45, 7) is 0. The number of halogens is 3. The summed E-state index contributed by atoms with van der Waals surface area (Å²) in [5.74, 6) is -1.97. The van der Waals surface area contributed by atoms with Crippen LogP contribution in [-0.4, -0.2) is 28.9 Å².